The van der Waals surface area contributed by atoms with Gasteiger partial charge in [0, 0.05) is 41.8 Å². The number of pyridine rings is 1. The molecule has 1 aliphatic heterocycles. The highest BCUT2D eigenvalue weighted by Gasteiger charge is 2.21. The SMILES string of the molecule is COc1cc2c(cc1OC)CN(Cc1c(Cl)ccc3cccnc13)CC2. The predicted octanol–water partition coefficient (Wildman–Crippen LogP) is 4.46. The minimum Gasteiger partial charge on any atom is -0.493 e. The summed E-state index contributed by atoms with van der Waals surface area (Å²) in [4.78, 5) is 6.96. The fourth-order valence-electron chi connectivity index (χ4n) is 3.63. The second-order valence-electron chi connectivity index (χ2n) is 6.54. The monoisotopic (exact) mass is 368 g/mol. The molecule has 134 valence electrons. The van der Waals surface area contributed by atoms with Gasteiger partial charge in [0.25, 0.3) is 0 Å². The van der Waals surface area contributed by atoms with Gasteiger partial charge in [-0.15, -0.1) is 0 Å². The Morgan fingerprint density at radius 2 is 1.85 bits per heavy atom. The number of ether oxygens (including phenoxy) is 2. The predicted molar refractivity (Wildman–Crippen MR) is 104 cm³/mol. The average Bonchev–Trinajstić information content (AvgIpc) is 2.69. The highest BCUT2D eigenvalue weighted by atomic mass is 35.5. The van der Waals surface area contributed by atoms with Crippen molar-refractivity contribution in [2.45, 2.75) is 19.5 Å². The van der Waals surface area contributed by atoms with E-state index in [0.717, 1.165) is 59.0 Å². The van der Waals surface area contributed by atoms with Crippen LogP contribution in [0, 0.1) is 0 Å². The fourth-order valence-corrected chi connectivity index (χ4v) is 3.84. The molecule has 0 fully saturated rings. The molecule has 3 aromatic rings. The van der Waals surface area contributed by atoms with Gasteiger partial charge in [-0.25, -0.2) is 0 Å². The zero-order valence-electron chi connectivity index (χ0n) is 15.0. The first-order valence-electron chi connectivity index (χ1n) is 8.68. The number of nitrogens with zero attached hydrogens (tertiary/aromatic N) is 2. The molecule has 5 heteroatoms. The molecule has 0 N–H and O–H groups in total. The Morgan fingerprint density at radius 3 is 2.62 bits per heavy atom. The Hall–Kier alpha value is -2.30. The molecule has 0 saturated carbocycles. The maximum Gasteiger partial charge on any atom is 0.161 e. The zero-order chi connectivity index (χ0) is 18.1. The third-order valence-electron chi connectivity index (χ3n) is 5.00. The van der Waals surface area contributed by atoms with Crippen LogP contribution in [-0.2, 0) is 19.5 Å². The quantitative estimate of drug-likeness (QED) is 0.680. The van der Waals surface area contributed by atoms with Crippen LogP contribution in [0.25, 0.3) is 10.9 Å². The van der Waals surface area contributed by atoms with Crippen LogP contribution < -0.4 is 9.47 Å². The molecule has 0 amide bonds. The first-order chi connectivity index (χ1) is 12.7. The number of aromatic nitrogens is 1. The molecular formula is C21H21ClN2O2. The molecule has 4 rings (SSSR count). The molecule has 26 heavy (non-hydrogen) atoms. The number of rotatable bonds is 4. The minimum absolute atomic E-state index is 0.773. The van der Waals surface area contributed by atoms with Crippen molar-refractivity contribution in [1.29, 1.82) is 0 Å². The Kier molecular flexibility index (Phi) is 4.70. The second-order valence-corrected chi connectivity index (χ2v) is 6.94. The zero-order valence-corrected chi connectivity index (χ0v) is 15.7. The smallest absolute Gasteiger partial charge is 0.161 e. The normalized spacial score (nSPS) is 14.3. The molecule has 2 aromatic carbocycles. The van der Waals surface area contributed by atoms with E-state index >= 15 is 0 Å². The summed E-state index contributed by atoms with van der Waals surface area (Å²) in [6.45, 7) is 2.61. The number of benzene rings is 2. The summed E-state index contributed by atoms with van der Waals surface area (Å²) in [6, 6.07) is 12.2. The maximum absolute atomic E-state index is 6.51. The van der Waals surface area contributed by atoms with E-state index in [1.807, 2.05) is 24.4 Å². The molecule has 2 heterocycles. The van der Waals surface area contributed by atoms with Gasteiger partial charge in [-0.2, -0.15) is 0 Å². The number of halogens is 1. The molecule has 0 radical (unpaired) electrons. The molecule has 0 aliphatic carbocycles. The Morgan fingerprint density at radius 1 is 1.08 bits per heavy atom. The van der Waals surface area contributed by atoms with Crippen LogP contribution in [0.4, 0.5) is 0 Å². The van der Waals surface area contributed by atoms with Gasteiger partial charge in [-0.1, -0.05) is 23.7 Å². The number of methoxy groups -OCH3 is 2. The first kappa shape index (κ1) is 17.1. The molecule has 0 bridgehead atoms. The van der Waals surface area contributed by atoms with Crippen molar-refractivity contribution in [1.82, 2.24) is 9.88 Å². The Balaban J connectivity index is 1.63. The molecular weight excluding hydrogens is 348 g/mol. The Bertz CT molecular complexity index is 958. The van der Waals surface area contributed by atoms with Gasteiger partial charge in [0.2, 0.25) is 0 Å². The van der Waals surface area contributed by atoms with E-state index in [1.165, 1.54) is 11.1 Å². The summed E-state index contributed by atoms with van der Waals surface area (Å²) in [7, 11) is 3.35. The number of fused-ring (bicyclic) bond motifs is 2. The lowest BCUT2D eigenvalue weighted by molar-refractivity contribution is 0.245. The van der Waals surface area contributed by atoms with Crippen molar-refractivity contribution in [3.05, 3.63) is 64.3 Å². The summed E-state index contributed by atoms with van der Waals surface area (Å²) in [5, 5.41) is 1.89. The highest BCUT2D eigenvalue weighted by Crippen LogP contribution is 2.34. The van der Waals surface area contributed by atoms with Crippen molar-refractivity contribution < 1.29 is 9.47 Å². The number of hydrogen-bond acceptors (Lipinski definition) is 4. The van der Waals surface area contributed by atoms with Crippen LogP contribution in [0.1, 0.15) is 16.7 Å². The van der Waals surface area contributed by atoms with E-state index < -0.39 is 0 Å². The van der Waals surface area contributed by atoms with E-state index in [0.29, 0.717) is 0 Å². The Labute approximate surface area is 158 Å². The lowest BCUT2D eigenvalue weighted by Crippen LogP contribution is -2.30. The third kappa shape index (κ3) is 3.11. The van der Waals surface area contributed by atoms with Crippen LogP contribution in [0.5, 0.6) is 11.5 Å². The van der Waals surface area contributed by atoms with E-state index in [9.17, 15) is 0 Å². The molecule has 0 unspecified atom stereocenters. The van der Waals surface area contributed by atoms with Crippen molar-refractivity contribution in [2.24, 2.45) is 0 Å². The van der Waals surface area contributed by atoms with Crippen LogP contribution >= 0.6 is 11.6 Å². The summed E-state index contributed by atoms with van der Waals surface area (Å²) in [5.41, 5.74) is 4.67. The highest BCUT2D eigenvalue weighted by molar-refractivity contribution is 6.32. The molecule has 1 aromatic heterocycles. The van der Waals surface area contributed by atoms with Gasteiger partial charge in [-0.05, 0) is 41.8 Å². The maximum atomic E-state index is 6.51. The summed E-state index contributed by atoms with van der Waals surface area (Å²) in [6.07, 6.45) is 2.80. The molecule has 0 atom stereocenters. The van der Waals surface area contributed by atoms with E-state index in [4.69, 9.17) is 21.1 Å². The topological polar surface area (TPSA) is 34.6 Å². The first-order valence-corrected chi connectivity index (χ1v) is 9.05. The summed E-state index contributed by atoms with van der Waals surface area (Å²) < 4.78 is 10.9. The van der Waals surface area contributed by atoms with Crippen LogP contribution in [0.2, 0.25) is 5.02 Å². The molecule has 0 saturated heterocycles. The lowest BCUT2D eigenvalue weighted by Gasteiger charge is -2.30. The van der Waals surface area contributed by atoms with Crippen molar-refractivity contribution in [2.75, 3.05) is 20.8 Å². The van der Waals surface area contributed by atoms with E-state index in [1.54, 1.807) is 14.2 Å². The van der Waals surface area contributed by atoms with Gasteiger partial charge >= 0.3 is 0 Å². The number of hydrogen-bond donors (Lipinski definition) is 0. The summed E-state index contributed by atoms with van der Waals surface area (Å²) >= 11 is 6.51. The largest absolute Gasteiger partial charge is 0.493 e. The van der Waals surface area contributed by atoms with E-state index in [-0.39, 0.29) is 0 Å². The lowest BCUT2D eigenvalue weighted by atomic mass is 9.98. The third-order valence-corrected chi connectivity index (χ3v) is 5.36. The van der Waals surface area contributed by atoms with Gasteiger partial charge < -0.3 is 9.47 Å². The molecule has 1 aliphatic rings. The standard InChI is InChI=1S/C21H21ClN2O2/c1-25-19-10-15-7-9-24(12-16(15)11-20(19)26-2)13-17-18(22)6-5-14-4-3-8-23-21(14)17/h3-6,8,10-11H,7,9,12-13H2,1-2H3. The molecule has 4 nitrogen and oxygen atoms in total. The van der Waals surface area contributed by atoms with Crippen molar-refractivity contribution in [3.63, 3.8) is 0 Å². The minimum atomic E-state index is 0.773. The fraction of sp³-hybridized carbons (Fsp3) is 0.286. The van der Waals surface area contributed by atoms with Crippen molar-refractivity contribution in [3.8, 4) is 11.5 Å². The molecule has 0 spiro atoms. The summed E-state index contributed by atoms with van der Waals surface area (Å²) in [5.74, 6) is 1.57. The van der Waals surface area contributed by atoms with Crippen LogP contribution in [0.3, 0.4) is 0 Å². The van der Waals surface area contributed by atoms with Gasteiger partial charge in [0.05, 0.1) is 19.7 Å². The average molecular weight is 369 g/mol. The van der Waals surface area contributed by atoms with Crippen molar-refractivity contribution >= 4 is 22.5 Å². The van der Waals surface area contributed by atoms with E-state index in [2.05, 4.69) is 28.1 Å². The van der Waals surface area contributed by atoms with Crippen LogP contribution in [0.15, 0.2) is 42.6 Å². The van der Waals surface area contributed by atoms with Crippen LogP contribution in [-0.4, -0.2) is 30.6 Å². The van der Waals surface area contributed by atoms with Gasteiger partial charge in [0.15, 0.2) is 11.5 Å². The van der Waals surface area contributed by atoms with Gasteiger partial charge in [0.1, 0.15) is 0 Å². The van der Waals surface area contributed by atoms with Gasteiger partial charge in [-0.3, -0.25) is 9.88 Å². The second kappa shape index (κ2) is 7.14.